The van der Waals surface area contributed by atoms with Crippen LogP contribution < -0.4 is 0 Å². The summed E-state index contributed by atoms with van der Waals surface area (Å²) in [4.78, 5) is 11.0. The molecule has 96 valence electrons. The van der Waals surface area contributed by atoms with E-state index in [0.717, 1.165) is 11.8 Å². The van der Waals surface area contributed by atoms with Crippen molar-refractivity contribution in [1.29, 1.82) is 5.26 Å². The van der Waals surface area contributed by atoms with Gasteiger partial charge in [0.1, 0.15) is 12.0 Å². The number of rotatable bonds is 5. The largest absolute Gasteiger partial charge is 0.469 e. The zero-order valence-corrected chi connectivity index (χ0v) is 10.7. The summed E-state index contributed by atoms with van der Waals surface area (Å²) < 4.78 is 5.41. The summed E-state index contributed by atoms with van der Waals surface area (Å²) in [6, 6.07) is 15.4. The quantitative estimate of drug-likeness (QED) is 0.767. The Hall–Kier alpha value is -2.34. The van der Waals surface area contributed by atoms with Gasteiger partial charge in [-0.1, -0.05) is 30.3 Å². The van der Waals surface area contributed by atoms with Crippen LogP contribution in [0.15, 0.2) is 53.1 Å². The number of carbonyl (C=O) groups excluding carboxylic acids is 1. The standard InChI is InChI=1S/C16H15NO2/c1-16(12-17,13-6-3-2-4-7-13)14(9-10-18)15-8-5-11-19-15/h2-8,10-11,14H,9H2,1H3/t14-,16-/m1/s1. The van der Waals surface area contributed by atoms with Gasteiger partial charge in [-0.3, -0.25) is 0 Å². The first kappa shape index (κ1) is 13.1. The Morgan fingerprint density at radius 1 is 1.32 bits per heavy atom. The van der Waals surface area contributed by atoms with Crippen LogP contribution in [0.5, 0.6) is 0 Å². The molecule has 0 amide bonds. The van der Waals surface area contributed by atoms with Gasteiger partial charge in [-0.25, -0.2) is 0 Å². The molecule has 2 atom stereocenters. The monoisotopic (exact) mass is 253 g/mol. The summed E-state index contributed by atoms with van der Waals surface area (Å²) in [5.74, 6) is 0.382. The molecule has 3 nitrogen and oxygen atoms in total. The fourth-order valence-corrected chi connectivity index (χ4v) is 2.35. The van der Waals surface area contributed by atoms with Crippen molar-refractivity contribution in [2.24, 2.45) is 0 Å². The van der Waals surface area contributed by atoms with Gasteiger partial charge in [0.05, 0.1) is 17.7 Å². The van der Waals surface area contributed by atoms with Crippen molar-refractivity contribution in [3.05, 3.63) is 60.1 Å². The normalized spacial score (nSPS) is 15.2. The zero-order chi connectivity index (χ0) is 13.7. The van der Waals surface area contributed by atoms with E-state index in [1.807, 2.05) is 43.3 Å². The van der Waals surface area contributed by atoms with Crippen molar-refractivity contribution >= 4 is 6.29 Å². The van der Waals surface area contributed by atoms with Crippen molar-refractivity contribution in [1.82, 2.24) is 0 Å². The first-order valence-electron chi connectivity index (χ1n) is 6.16. The van der Waals surface area contributed by atoms with E-state index < -0.39 is 5.41 Å². The molecule has 3 heteroatoms. The first-order chi connectivity index (χ1) is 9.22. The SMILES string of the molecule is C[C@@](C#N)(c1ccccc1)[C@H](CC=O)c1ccco1. The highest BCUT2D eigenvalue weighted by Crippen LogP contribution is 2.40. The highest BCUT2D eigenvalue weighted by Gasteiger charge is 2.38. The lowest BCUT2D eigenvalue weighted by molar-refractivity contribution is -0.108. The number of nitrogens with zero attached hydrogens (tertiary/aromatic N) is 1. The molecule has 0 N–H and O–H groups in total. The highest BCUT2D eigenvalue weighted by atomic mass is 16.3. The smallest absolute Gasteiger partial charge is 0.120 e. The molecule has 1 aromatic carbocycles. The first-order valence-corrected chi connectivity index (χ1v) is 6.16. The summed E-state index contributed by atoms with van der Waals surface area (Å²) in [6.45, 7) is 1.85. The molecule has 0 saturated heterocycles. The van der Waals surface area contributed by atoms with E-state index in [4.69, 9.17) is 4.42 Å². The molecule has 0 fully saturated rings. The fraction of sp³-hybridized carbons (Fsp3) is 0.250. The molecule has 0 aliphatic heterocycles. The van der Waals surface area contributed by atoms with Crippen LogP contribution in [0.25, 0.3) is 0 Å². The second kappa shape index (κ2) is 5.53. The van der Waals surface area contributed by atoms with E-state index in [1.54, 1.807) is 12.3 Å². The third-order valence-electron chi connectivity index (χ3n) is 3.52. The lowest BCUT2D eigenvalue weighted by atomic mass is 9.70. The van der Waals surface area contributed by atoms with Crippen LogP contribution >= 0.6 is 0 Å². The third-order valence-corrected chi connectivity index (χ3v) is 3.52. The Balaban J connectivity index is 2.49. The van der Waals surface area contributed by atoms with Crippen LogP contribution in [0.1, 0.15) is 30.6 Å². The van der Waals surface area contributed by atoms with Crippen LogP contribution in [0.2, 0.25) is 0 Å². The van der Waals surface area contributed by atoms with Crippen LogP contribution in [0.4, 0.5) is 0 Å². The number of aldehydes is 1. The molecule has 0 saturated carbocycles. The molecule has 0 spiro atoms. The van der Waals surface area contributed by atoms with Crippen LogP contribution in [0.3, 0.4) is 0 Å². The minimum Gasteiger partial charge on any atom is -0.469 e. The lowest BCUT2D eigenvalue weighted by Gasteiger charge is -2.29. The molecule has 0 bridgehead atoms. The summed E-state index contributed by atoms with van der Waals surface area (Å²) in [5, 5.41) is 9.63. The van der Waals surface area contributed by atoms with Gasteiger partial charge in [-0.05, 0) is 24.6 Å². The number of hydrogen-bond acceptors (Lipinski definition) is 3. The number of nitriles is 1. The predicted octanol–water partition coefficient (Wildman–Crippen LogP) is 3.43. The van der Waals surface area contributed by atoms with E-state index in [9.17, 15) is 10.1 Å². The minimum absolute atomic E-state index is 0.256. The van der Waals surface area contributed by atoms with Crippen molar-refractivity contribution in [3.63, 3.8) is 0 Å². The van der Waals surface area contributed by atoms with Crippen molar-refractivity contribution in [2.45, 2.75) is 24.7 Å². The Morgan fingerprint density at radius 3 is 2.58 bits per heavy atom. The molecule has 1 aromatic heterocycles. The van der Waals surface area contributed by atoms with E-state index >= 15 is 0 Å². The number of benzene rings is 1. The molecule has 19 heavy (non-hydrogen) atoms. The molecule has 2 rings (SSSR count). The van der Waals surface area contributed by atoms with E-state index in [0.29, 0.717) is 5.76 Å². The Morgan fingerprint density at radius 2 is 2.05 bits per heavy atom. The summed E-state index contributed by atoms with van der Waals surface area (Å²) >= 11 is 0. The summed E-state index contributed by atoms with van der Waals surface area (Å²) in [5.41, 5.74) is 0.0979. The van der Waals surface area contributed by atoms with E-state index in [2.05, 4.69) is 6.07 Å². The van der Waals surface area contributed by atoms with Crippen molar-refractivity contribution < 1.29 is 9.21 Å². The van der Waals surface area contributed by atoms with Gasteiger partial charge in [0.15, 0.2) is 0 Å². The minimum atomic E-state index is -0.792. The Labute approximate surface area is 112 Å². The van der Waals surface area contributed by atoms with Gasteiger partial charge in [-0.15, -0.1) is 0 Å². The Kier molecular flexibility index (Phi) is 3.82. The second-order valence-electron chi connectivity index (χ2n) is 4.65. The Bertz CT molecular complexity index is 569. The van der Waals surface area contributed by atoms with E-state index in [1.165, 1.54) is 0 Å². The predicted molar refractivity (Wildman–Crippen MR) is 71.5 cm³/mol. The number of carbonyl (C=O) groups is 1. The average Bonchev–Trinajstić information content (AvgIpc) is 2.98. The lowest BCUT2D eigenvalue weighted by Crippen LogP contribution is -2.29. The molecule has 0 aliphatic rings. The van der Waals surface area contributed by atoms with Crippen molar-refractivity contribution in [3.8, 4) is 6.07 Å². The van der Waals surface area contributed by atoms with Crippen LogP contribution in [-0.4, -0.2) is 6.29 Å². The molecule has 0 radical (unpaired) electrons. The van der Waals surface area contributed by atoms with Gasteiger partial charge >= 0.3 is 0 Å². The number of hydrogen-bond donors (Lipinski definition) is 0. The fourth-order valence-electron chi connectivity index (χ4n) is 2.35. The topological polar surface area (TPSA) is 54.0 Å². The maximum atomic E-state index is 11.0. The maximum Gasteiger partial charge on any atom is 0.120 e. The van der Waals surface area contributed by atoms with Crippen LogP contribution in [-0.2, 0) is 10.2 Å². The molecule has 0 aliphatic carbocycles. The number of furan rings is 1. The van der Waals surface area contributed by atoms with Gasteiger partial charge in [0, 0.05) is 12.3 Å². The molecule has 2 aromatic rings. The van der Waals surface area contributed by atoms with Crippen LogP contribution in [0, 0.1) is 11.3 Å². The maximum absolute atomic E-state index is 11.0. The highest BCUT2D eigenvalue weighted by molar-refractivity contribution is 5.53. The van der Waals surface area contributed by atoms with Gasteiger partial charge < -0.3 is 9.21 Å². The van der Waals surface area contributed by atoms with Gasteiger partial charge in [-0.2, -0.15) is 5.26 Å². The third kappa shape index (κ3) is 2.43. The van der Waals surface area contributed by atoms with Gasteiger partial charge in [0.25, 0.3) is 0 Å². The van der Waals surface area contributed by atoms with Gasteiger partial charge in [0.2, 0.25) is 0 Å². The zero-order valence-electron chi connectivity index (χ0n) is 10.7. The molecular weight excluding hydrogens is 238 g/mol. The summed E-state index contributed by atoms with van der Waals surface area (Å²) in [7, 11) is 0. The average molecular weight is 253 g/mol. The second-order valence-corrected chi connectivity index (χ2v) is 4.65. The molecule has 1 heterocycles. The summed E-state index contributed by atoms with van der Waals surface area (Å²) in [6.07, 6.45) is 2.66. The molecular formula is C16H15NO2. The van der Waals surface area contributed by atoms with E-state index in [-0.39, 0.29) is 12.3 Å². The molecule has 0 unspecified atom stereocenters. The van der Waals surface area contributed by atoms with Crippen molar-refractivity contribution in [2.75, 3.05) is 0 Å².